The van der Waals surface area contributed by atoms with E-state index in [1.165, 1.54) is 73.7 Å². The van der Waals surface area contributed by atoms with Gasteiger partial charge in [0.2, 0.25) is 65.0 Å². The van der Waals surface area contributed by atoms with Gasteiger partial charge < -0.3 is 61.1 Å². The minimum Gasteiger partial charge on any atom is -0.390 e. The van der Waals surface area contributed by atoms with Crippen LogP contribution < -0.4 is 21.7 Å². The van der Waals surface area contributed by atoms with Crippen LogP contribution in [0.25, 0.3) is 0 Å². The lowest BCUT2D eigenvalue weighted by Gasteiger charge is -2.41. The molecule has 23 heteroatoms. The van der Waals surface area contributed by atoms with Gasteiger partial charge in [0.05, 0.1) is 12.6 Å². The van der Waals surface area contributed by atoms with E-state index in [2.05, 4.69) is 16.0 Å². The molecule has 0 saturated carbocycles. The molecular formula is C66H121N11O12. The Morgan fingerprint density at radius 2 is 0.876 bits per heavy atom. The molecule has 0 fully saturated rings. The number of hydrogen-bond donors (Lipinski definition) is 5. The van der Waals surface area contributed by atoms with E-state index >= 15 is 14.4 Å². The fraction of sp³-hybridized carbons (Fsp3) is 0.803. The molecule has 2 unspecified atom stereocenters. The number of hydrogen-bond acceptors (Lipinski definition) is 12. The Hall–Kier alpha value is -6.13. The maximum Gasteiger partial charge on any atom is 0.246 e. The van der Waals surface area contributed by atoms with E-state index in [4.69, 9.17) is 5.73 Å². The summed E-state index contributed by atoms with van der Waals surface area (Å²) in [7, 11) is 10.1. The molecule has 512 valence electrons. The van der Waals surface area contributed by atoms with Crippen LogP contribution in [0.3, 0.4) is 0 Å². The molecule has 13 atom stereocenters. The van der Waals surface area contributed by atoms with Gasteiger partial charge in [-0.1, -0.05) is 136 Å². The maximum absolute atomic E-state index is 15.2. The van der Waals surface area contributed by atoms with Crippen LogP contribution in [-0.2, 0) is 52.7 Å². The van der Waals surface area contributed by atoms with E-state index < -0.39 is 138 Å². The van der Waals surface area contributed by atoms with Gasteiger partial charge in [-0.05, 0) is 99.7 Å². The van der Waals surface area contributed by atoms with Crippen LogP contribution in [0.4, 0.5) is 0 Å². The number of nitrogens with one attached hydrogen (secondary N) is 3. The van der Waals surface area contributed by atoms with E-state index in [0.717, 1.165) is 9.80 Å². The van der Waals surface area contributed by atoms with E-state index in [9.17, 15) is 43.5 Å². The summed E-state index contributed by atoms with van der Waals surface area (Å²) >= 11 is 0. The lowest BCUT2D eigenvalue weighted by Crippen LogP contribution is -2.63. The third-order valence-electron chi connectivity index (χ3n) is 17.3. The standard InChI is InChI=1S/C66H121N11O12/c1-27-30-31-44(17)56(79)55(60(83)69-47(29-3)63(86)71(20)36-52(78)75(24)54(57(67)80)43(16)28-2)77(26)66(89)53(42(14)15)76(25)65(88)51(35-40(10)11)74(23)64(87)50(34-39(8)9)73(22)62(85)46(19)68-58(81)48(32-37(4)5)70-59(82)49(33-38(6)7)72(21)61(84)45(18)41(12)13/h27,30,37-51,53-56,79H,28-29,31-36H2,1-26H3,(H2,67,80)(H,68,81)(H,69,83)(H,70,82)/b30-27+/t43?,44-,45-,46+,47-,48+,49+,50+,51-,53-,54-,55?,56+/m1/s1. The number of amides is 11. The fourth-order valence-corrected chi connectivity index (χ4v) is 11.0. The molecule has 0 aromatic rings. The van der Waals surface area contributed by atoms with Crippen molar-refractivity contribution in [2.75, 3.05) is 55.9 Å². The lowest BCUT2D eigenvalue weighted by atomic mass is 9.91. The van der Waals surface area contributed by atoms with Crippen molar-refractivity contribution in [3.8, 4) is 0 Å². The molecule has 0 saturated heterocycles. The SMILES string of the molecule is C/C=C/C[C@@H](C)[C@H](O)C(C(=O)N[C@H](CC)C(=O)N(C)CC(=O)N(C)[C@@H](C(N)=O)C(C)CC)N(C)C(=O)[C@@H](C(C)C)N(C)C(=O)[C@@H](CC(C)C)N(C)C(=O)[C@H](CC(C)C)N(C)C(=O)[C@H](C)NC(=O)[C@H](CC(C)C)NC(=O)[C@H](CC(C)C)N(C)C(=O)[C@H](C)C(C)C. The van der Waals surface area contributed by atoms with Gasteiger partial charge in [0, 0.05) is 55.3 Å². The number of rotatable bonds is 38. The first-order chi connectivity index (χ1) is 41.0. The predicted octanol–water partition coefficient (Wildman–Crippen LogP) is 4.92. The Kier molecular flexibility index (Phi) is 35.9. The summed E-state index contributed by atoms with van der Waals surface area (Å²) in [5, 5.41) is 20.5. The molecule has 0 aromatic carbocycles. The van der Waals surface area contributed by atoms with Crippen LogP contribution in [0.15, 0.2) is 12.2 Å². The van der Waals surface area contributed by atoms with Crippen molar-refractivity contribution < 1.29 is 57.8 Å². The van der Waals surface area contributed by atoms with Gasteiger partial charge in [-0.25, -0.2) is 0 Å². The van der Waals surface area contributed by atoms with Crippen molar-refractivity contribution in [2.45, 2.75) is 237 Å². The minimum absolute atomic E-state index is 0.0333. The van der Waals surface area contributed by atoms with Gasteiger partial charge in [0.25, 0.3) is 0 Å². The van der Waals surface area contributed by atoms with Gasteiger partial charge in [-0.15, -0.1) is 0 Å². The van der Waals surface area contributed by atoms with Gasteiger partial charge in [0.15, 0.2) is 0 Å². The molecule has 0 bridgehead atoms. The number of allylic oxidation sites excluding steroid dienone is 2. The number of carbonyl (C=O) groups excluding carboxylic acids is 11. The predicted molar refractivity (Wildman–Crippen MR) is 349 cm³/mol. The largest absolute Gasteiger partial charge is 0.390 e. The highest BCUT2D eigenvalue weighted by Gasteiger charge is 2.45. The average molecular weight is 1260 g/mol. The summed E-state index contributed by atoms with van der Waals surface area (Å²) in [5.41, 5.74) is 5.66. The second-order valence-corrected chi connectivity index (χ2v) is 27.4. The minimum atomic E-state index is -1.60. The summed E-state index contributed by atoms with van der Waals surface area (Å²) in [5.74, 6) is -8.69. The molecule has 0 rings (SSSR count). The highest BCUT2D eigenvalue weighted by molar-refractivity contribution is 5.99. The first-order valence-corrected chi connectivity index (χ1v) is 32.3. The van der Waals surface area contributed by atoms with Gasteiger partial charge in [0.1, 0.15) is 54.4 Å². The zero-order chi connectivity index (χ0) is 69.6. The summed E-state index contributed by atoms with van der Waals surface area (Å²) in [4.78, 5) is 165. The molecule has 0 heterocycles. The molecule has 0 aliphatic carbocycles. The van der Waals surface area contributed by atoms with Crippen LogP contribution in [0.1, 0.15) is 176 Å². The molecular weight excluding hydrogens is 1140 g/mol. The summed E-state index contributed by atoms with van der Waals surface area (Å²) in [6, 6.07) is -10.4. The van der Waals surface area contributed by atoms with Crippen LogP contribution in [0.5, 0.6) is 0 Å². The summed E-state index contributed by atoms with van der Waals surface area (Å²) in [6.45, 7) is 34.2. The van der Waals surface area contributed by atoms with E-state index in [0.29, 0.717) is 19.3 Å². The van der Waals surface area contributed by atoms with Crippen molar-refractivity contribution in [2.24, 2.45) is 59.0 Å². The van der Waals surface area contributed by atoms with E-state index in [1.54, 1.807) is 54.7 Å². The number of carbonyl (C=O) groups is 11. The normalized spacial score (nSPS) is 16.2. The van der Waals surface area contributed by atoms with Crippen molar-refractivity contribution in [1.29, 1.82) is 0 Å². The van der Waals surface area contributed by atoms with Crippen molar-refractivity contribution in [3.05, 3.63) is 12.2 Å². The van der Waals surface area contributed by atoms with Crippen LogP contribution >= 0.6 is 0 Å². The maximum atomic E-state index is 15.2. The zero-order valence-electron chi connectivity index (χ0n) is 59.4. The number of primary amides is 1. The monoisotopic (exact) mass is 1260 g/mol. The second-order valence-electron chi connectivity index (χ2n) is 27.4. The third-order valence-corrected chi connectivity index (χ3v) is 17.3. The van der Waals surface area contributed by atoms with E-state index in [-0.39, 0.29) is 73.0 Å². The Bertz CT molecular complexity index is 2380. The Morgan fingerprint density at radius 3 is 1.30 bits per heavy atom. The van der Waals surface area contributed by atoms with Crippen LogP contribution in [0, 0.1) is 53.3 Å². The first kappa shape index (κ1) is 82.9. The van der Waals surface area contributed by atoms with Crippen molar-refractivity contribution in [3.63, 3.8) is 0 Å². The zero-order valence-corrected chi connectivity index (χ0v) is 59.4. The highest BCUT2D eigenvalue weighted by Crippen LogP contribution is 2.26. The second kappa shape index (κ2) is 38.5. The van der Waals surface area contributed by atoms with Gasteiger partial charge >= 0.3 is 0 Å². The van der Waals surface area contributed by atoms with Gasteiger partial charge in [-0.2, -0.15) is 0 Å². The Labute approximate surface area is 535 Å². The average Bonchev–Trinajstić information content (AvgIpc) is 3.26. The number of likely N-dealkylation sites (N-methyl/N-ethyl adjacent to an activating group) is 7. The quantitative estimate of drug-likeness (QED) is 0.0515. The van der Waals surface area contributed by atoms with Crippen molar-refractivity contribution >= 4 is 65.0 Å². The molecule has 0 aromatic heterocycles. The molecule has 89 heavy (non-hydrogen) atoms. The Morgan fingerprint density at radius 1 is 0.438 bits per heavy atom. The molecule has 0 spiro atoms. The number of aliphatic hydroxyl groups excluding tert-OH is 1. The summed E-state index contributed by atoms with van der Waals surface area (Å²) < 4.78 is 0. The number of nitrogens with zero attached hydrogens (tertiary/aromatic N) is 7. The Balaban J connectivity index is 7.23. The smallest absolute Gasteiger partial charge is 0.246 e. The fourth-order valence-electron chi connectivity index (χ4n) is 11.0. The molecule has 23 nitrogen and oxygen atoms in total. The topological polar surface area (TPSA) is 293 Å². The first-order valence-electron chi connectivity index (χ1n) is 32.3. The van der Waals surface area contributed by atoms with Crippen molar-refractivity contribution in [1.82, 2.24) is 50.2 Å². The molecule has 6 N–H and O–H groups in total. The van der Waals surface area contributed by atoms with Crippen LogP contribution in [-0.4, -0.2) is 221 Å². The third kappa shape index (κ3) is 24.5. The molecule has 0 radical (unpaired) electrons. The lowest BCUT2D eigenvalue weighted by molar-refractivity contribution is -0.157. The molecule has 0 aliphatic heterocycles. The highest BCUT2D eigenvalue weighted by atomic mass is 16.3. The van der Waals surface area contributed by atoms with E-state index in [1.807, 2.05) is 89.2 Å². The van der Waals surface area contributed by atoms with Gasteiger partial charge in [-0.3, -0.25) is 52.7 Å². The number of nitrogens with two attached hydrogens (primary N) is 1. The summed E-state index contributed by atoms with van der Waals surface area (Å²) in [6.07, 6.45) is 3.90. The molecule has 0 aliphatic rings. The molecule has 11 amide bonds. The number of aliphatic hydroxyl groups is 1. The van der Waals surface area contributed by atoms with Crippen LogP contribution in [0.2, 0.25) is 0 Å².